The average molecular weight is 1820 g/mol. The topological polar surface area (TPSA) is 692 Å². The number of phenolic OH excluding ortho intramolecular Hbond substituents is 1. The van der Waals surface area contributed by atoms with Gasteiger partial charge >= 0.3 is 5.97 Å². The first-order valence-corrected chi connectivity index (χ1v) is 42.3. The van der Waals surface area contributed by atoms with Crippen LogP contribution in [0.25, 0.3) is 21.8 Å². The van der Waals surface area contributed by atoms with Crippen LogP contribution >= 0.6 is 25.3 Å². The van der Waals surface area contributed by atoms with Crippen molar-refractivity contribution in [2.45, 2.75) is 209 Å². The number of phenols is 1. The number of carbonyl (C=O) groups excluding carboxylic acids is 17. The summed E-state index contributed by atoms with van der Waals surface area (Å²) >= 11 is 8.51. The molecule has 7 rings (SSSR count). The number of benzene rings is 3. The smallest absolute Gasteiger partial charge is 0.303 e. The van der Waals surface area contributed by atoms with Gasteiger partial charge in [0.15, 0.2) is 0 Å². The first-order valence-electron chi connectivity index (χ1n) is 41.0. The molecular formula is C82H111N21O23S2. The predicted molar refractivity (Wildman–Crippen MR) is 464 cm³/mol. The van der Waals surface area contributed by atoms with Crippen LogP contribution in [0.2, 0.25) is 0 Å². The van der Waals surface area contributed by atoms with E-state index in [1.807, 2.05) is 0 Å². The van der Waals surface area contributed by atoms with Gasteiger partial charge in [-0.05, 0) is 99.7 Å². The highest BCUT2D eigenvalue weighted by Gasteiger charge is 2.41. The van der Waals surface area contributed by atoms with Gasteiger partial charge in [0, 0.05) is 110 Å². The quantitative estimate of drug-likeness (QED) is 0.0158. The predicted octanol–water partition coefficient (Wildman–Crippen LogP) is -5.93. The van der Waals surface area contributed by atoms with E-state index in [2.05, 4.69) is 120 Å². The molecule has 3 aromatic heterocycles. The maximum atomic E-state index is 15.1. The molecule has 0 spiro atoms. The minimum atomic E-state index is -1.98. The van der Waals surface area contributed by atoms with E-state index in [0.29, 0.717) is 50.6 Å². The van der Waals surface area contributed by atoms with Crippen molar-refractivity contribution in [3.05, 3.63) is 120 Å². The lowest BCUT2D eigenvalue weighted by atomic mass is 10.0. The van der Waals surface area contributed by atoms with Crippen LogP contribution in [0.5, 0.6) is 5.75 Å². The van der Waals surface area contributed by atoms with Crippen LogP contribution in [0, 0.1) is 5.92 Å². The Morgan fingerprint density at radius 3 is 1.42 bits per heavy atom. The van der Waals surface area contributed by atoms with Gasteiger partial charge < -0.3 is 131 Å². The molecule has 0 aliphatic carbocycles. The molecule has 3 aromatic carbocycles. The molecule has 1 aliphatic rings. The number of primary amides is 2. The highest BCUT2D eigenvalue weighted by atomic mass is 32.1. The van der Waals surface area contributed by atoms with Crippen molar-refractivity contribution in [1.29, 1.82) is 0 Å². The minimum Gasteiger partial charge on any atom is -0.508 e. The second-order valence-corrected chi connectivity index (χ2v) is 32.0. The number of fused-ring (bicyclic) bond motifs is 2. The number of para-hydroxylation sites is 2. The summed E-state index contributed by atoms with van der Waals surface area (Å²) in [7, 11) is 0. The van der Waals surface area contributed by atoms with Gasteiger partial charge in [-0.1, -0.05) is 62.4 Å². The van der Waals surface area contributed by atoms with Crippen molar-refractivity contribution in [1.82, 2.24) is 99.3 Å². The number of rotatable bonds is 50. The number of carbonyl (C=O) groups is 18. The molecular weight excluding hydrogens is 1710 g/mol. The molecule has 1 saturated heterocycles. The van der Waals surface area contributed by atoms with Gasteiger partial charge in [0.2, 0.25) is 100 Å². The Labute approximate surface area is 744 Å². The Morgan fingerprint density at radius 1 is 0.500 bits per heavy atom. The number of H-pyrrole nitrogens is 3. The number of nitrogens with zero attached hydrogens (tertiary/aromatic N) is 2. The normalized spacial score (nSPS) is 16.0. The number of nitrogens with one attached hydrogen (secondary N) is 17. The van der Waals surface area contributed by atoms with Gasteiger partial charge in [-0.15, -0.1) is 0 Å². The largest absolute Gasteiger partial charge is 0.508 e. The van der Waals surface area contributed by atoms with Gasteiger partial charge in [-0.2, -0.15) is 25.3 Å². The summed E-state index contributed by atoms with van der Waals surface area (Å²) in [5, 5.41) is 88.2. The monoisotopic (exact) mass is 1820 g/mol. The summed E-state index contributed by atoms with van der Waals surface area (Å²) in [6.45, 7) is 6.14. The number of aromatic nitrogens is 4. The molecule has 0 saturated carbocycles. The highest BCUT2D eigenvalue weighted by molar-refractivity contribution is 7.80. The van der Waals surface area contributed by atoms with Crippen molar-refractivity contribution < 1.29 is 112 Å². The lowest BCUT2D eigenvalue weighted by molar-refractivity contribution is -0.141. The number of aliphatic carboxylic acids is 1. The zero-order valence-corrected chi connectivity index (χ0v) is 72.7. The molecule has 44 nitrogen and oxygen atoms in total. The van der Waals surface area contributed by atoms with E-state index < -0.39 is 254 Å². The standard InChI is InChI=1S/C82H111N21O23S2/c1-39(2)26-55(70(114)88-34-65(110)103-25-11-16-63(103)80(124)93-54(22-24-66(111)112)71(115)90-40(3)69(84)113)97-81(125)68(42(5)106)102-77(121)60(35-104)99-75(119)57(28-45-31-86-51-14-9-7-12-49(45)51)95-73(117)56(27-44-17-19-48(108)20-18-44)94-79(123)62(37-128)100-72(116)53(21-23-64(83)109)92-74(118)58(29-46-32-87-52-15-10-8-13-50(46)52)98-82(126)67(41(4)105)101-76(120)59(30-47-33-85-38-89-47)96-78(122)61(36-127)91-43(6)107/h7-10,12-15,17-20,31-33,38-42,53-63,67-68,86-87,104-106,108,127-128H,11,16,21-30,34-37H2,1-6H3,(H2,83,109)(H2,84,113)(H,85,89)(H,88,114)(H,90,115)(H,91,107)(H,92,118)(H,93,124)(H,94,123)(H,95,117)(H,96,122)(H,97,125)(H,98,126)(H,99,119)(H,100,116)(H,101,120)(H,102,121)(H,111,112)/t40-,41+,42+,53-,54-,55-,56-,57-,58-,59-,60-,61-,62-,63-,67-,68-/m0/s1. The first-order chi connectivity index (χ1) is 60.7. The molecule has 26 N–H and O–H groups in total. The number of carboxylic acids is 1. The molecule has 694 valence electrons. The lowest BCUT2D eigenvalue weighted by Crippen LogP contribution is -2.63. The summed E-state index contributed by atoms with van der Waals surface area (Å²) in [5.74, 6) is -19.6. The molecule has 128 heavy (non-hydrogen) atoms. The molecule has 6 aromatic rings. The van der Waals surface area contributed by atoms with Crippen molar-refractivity contribution in [2.75, 3.05) is 31.2 Å². The Hall–Kier alpha value is -13.2. The van der Waals surface area contributed by atoms with Crippen molar-refractivity contribution in [3.8, 4) is 5.75 Å². The number of hydrogen-bond acceptors (Lipinski definition) is 25. The second-order valence-electron chi connectivity index (χ2n) is 31.2. The fraction of sp³-hybridized carbons (Fsp3) is 0.476. The summed E-state index contributed by atoms with van der Waals surface area (Å²) in [4.78, 5) is 261. The van der Waals surface area contributed by atoms with Gasteiger partial charge in [-0.25, -0.2) is 4.98 Å². The maximum absolute atomic E-state index is 15.1. The number of amides is 17. The van der Waals surface area contributed by atoms with Gasteiger partial charge in [0.05, 0.1) is 31.7 Å². The number of nitrogens with two attached hydrogens (primary N) is 2. The van der Waals surface area contributed by atoms with E-state index in [-0.39, 0.29) is 56.1 Å². The van der Waals surface area contributed by atoms with Gasteiger partial charge in [0.1, 0.15) is 90.3 Å². The van der Waals surface area contributed by atoms with E-state index in [1.54, 1.807) is 68.6 Å². The highest BCUT2D eigenvalue weighted by Crippen LogP contribution is 2.24. The third kappa shape index (κ3) is 30.6. The van der Waals surface area contributed by atoms with Crippen molar-refractivity contribution in [2.24, 2.45) is 17.4 Å². The Bertz CT molecular complexity index is 4950. The van der Waals surface area contributed by atoms with Gasteiger partial charge in [-0.3, -0.25) is 86.3 Å². The molecule has 0 unspecified atom stereocenters. The van der Waals surface area contributed by atoms with Crippen molar-refractivity contribution >= 4 is 153 Å². The molecule has 0 bridgehead atoms. The number of aliphatic hydroxyl groups excluding tert-OH is 3. The fourth-order valence-corrected chi connectivity index (χ4v) is 14.4. The first kappa shape index (κ1) is 102. The number of aromatic hydroxyl groups is 1. The second kappa shape index (κ2) is 49.1. The van der Waals surface area contributed by atoms with Crippen LogP contribution in [-0.4, -0.2) is 285 Å². The minimum absolute atomic E-state index is 0.0140. The molecule has 16 atom stereocenters. The van der Waals surface area contributed by atoms with E-state index in [9.17, 15) is 107 Å². The summed E-state index contributed by atoms with van der Waals surface area (Å²) in [6.07, 6.45) is -0.967. The van der Waals surface area contributed by atoms with Crippen LogP contribution in [0.3, 0.4) is 0 Å². The van der Waals surface area contributed by atoms with E-state index in [0.717, 1.165) is 25.7 Å². The molecule has 0 radical (unpaired) electrons. The molecule has 17 amide bonds. The number of aliphatic hydroxyl groups is 3. The Morgan fingerprint density at radius 2 is 0.938 bits per heavy atom. The third-order valence-electron chi connectivity index (χ3n) is 20.7. The zero-order chi connectivity index (χ0) is 94.3. The molecule has 46 heteroatoms. The van der Waals surface area contributed by atoms with Crippen LogP contribution in [0.1, 0.15) is 109 Å². The van der Waals surface area contributed by atoms with E-state index >= 15 is 4.79 Å². The van der Waals surface area contributed by atoms with Crippen LogP contribution in [-0.2, 0) is 112 Å². The van der Waals surface area contributed by atoms with E-state index in [4.69, 9.17) is 11.5 Å². The van der Waals surface area contributed by atoms with Crippen LogP contribution < -0.4 is 85.9 Å². The Balaban J connectivity index is 1.09. The number of aromatic amines is 3. The Kier molecular flexibility index (Phi) is 39.0. The lowest BCUT2D eigenvalue weighted by Gasteiger charge is -2.29. The fourth-order valence-electron chi connectivity index (χ4n) is 13.8. The van der Waals surface area contributed by atoms with E-state index in [1.165, 1.54) is 49.9 Å². The number of imidazole rings is 1. The number of thiol groups is 2. The van der Waals surface area contributed by atoms with Gasteiger partial charge in [0.25, 0.3) is 0 Å². The molecule has 1 aliphatic heterocycles. The van der Waals surface area contributed by atoms with Crippen LogP contribution in [0.15, 0.2) is 97.7 Å². The molecule has 1 fully saturated rings. The zero-order valence-electron chi connectivity index (χ0n) is 70.9. The molecule has 4 heterocycles. The average Bonchev–Trinajstić information content (AvgIpc) is 1.68. The summed E-state index contributed by atoms with van der Waals surface area (Å²) < 4.78 is 0. The summed E-state index contributed by atoms with van der Waals surface area (Å²) in [6, 6.07) is -3.55. The SMILES string of the molecule is CC(=O)N[C@@H](CS)C(=O)N[C@@H](Cc1cnc[nH]1)C(=O)N[C@H](C(=O)N[C@@H](Cc1c[nH]c2ccccc12)C(=O)N[C@@H](CCC(N)=O)C(=O)N[C@@H](CS)C(=O)N[C@@H](Cc1ccc(O)cc1)C(=O)N[C@@H](Cc1c[nH]c2ccccc12)C(=O)N[C@@H](CO)C(=O)N[C@H](C(=O)N[C@@H](CC(C)C)C(=O)NCC(=O)N1CCC[C@H]1C(=O)N[C@@H](CCC(=O)O)C(=O)N[C@@H](C)C(N)=O)[C@@H](C)O)[C@@H](C)O. The van der Waals surface area contributed by atoms with Crippen LogP contribution in [0.4, 0.5) is 0 Å². The van der Waals surface area contributed by atoms with Crippen molar-refractivity contribution in [3.63, 3.8) is 0 Å². The number of hydrogen-bond donors (Lipinski definition) is 26. The maximum Gasteiger partial charge on any atom is 0.303 e. The number of carboxylic acid groups (broad SMARTS) is 1. The summed E-state index contributed by atoms with van der Waals surface area (Å²) in [5.41, 5.74) is 13.5. The number of likely N-dealkylation sites (tertiary alicyclic amines) is 1. The third-order valence-corrected chi connectivity index (χ3v) is 21.5.